The predicted molar refractivity (Wildman–Crippen MR) is 335 cm³/mol. The van der Waals surface area contributed by atoms with Gasteiger partial charge in [0.05, 0.1) is 26.4 Å². The molecular weight excluding hydrogens is 1110 g/mol. The van der Waals surface area contributed by atoms with Crippen molar-refractivity contribution in [1.82, 2.24) is 0 Å². The number of ether oxygens (including phenoxy) is 4. The average molecular weight is 1240 g/mol. The van der Waals surface area contributed by atoms with Crippen molar-refractivity contribution in [2.45, 2.75) is 348 Å². The number of esters is 4. The van der Waals surface area contributed by atoms with Gasteiger partial charge in [0.1, 0.15) is 19.3 Å². The zero-order valence-corrected chi connectivity index (χ0v) is 55.8. The molecular formula is C65H126O17P2. The summed E-state index contributed by atoms with van der Waals surface area (Å²) in [6.45, 7) is 7.12. The Kier molecular flexibility index (Phi) is 57.4. The third-order valence-corrected chi connectivity index (χ3v) is 16.9. The summed E-state index contributed by atoms with van der Waals surface area (Å²) in [6, 6.07) is 0. The summed E-state index contributed by atoms with van der Waals surface area (Å²) in [5, 5.41) is 10.5. The van der Waals surface area contributed by atoms with Crippen LogP contribution in [0.3, 0.4) is 0 Å². The van der Waals surface area contributed by atoms with Crippen LogP contribution < -0.4 is 0 Å². The fourth-order valence-electron chi connectivity index (χ4n) is 9.76. The number of aliphatic hydroxyl groups excluding tert-OH is 1. The minimum Gasteiger partial charge on any atom is -0.462 e. The maximum Gasteiger partial charge on any atom is 0.472 e. The van der Waals surface area contributed by atoms with Crippen molar-refractivity contribution < 1.29 is 80.2 Å². The number of phosphoric acid groups is 2. The van der Waals surface area contributed by atoms with E-state index in [9.17, 15) is 43.2 Å². The van der Waals surface area contributed by atoms with Crippen LogP contribution in [0.4, 0.5) is 0 Å². The fourth-order valence-corrected chi connectivity index (χ4v) is 11.3. The van der Waals surface area contributed by atoms with E-state index in [-0.39, 0.29) is 25.7 Å². The Morgan fingerprint density at radius 3 is 0.810 bits per heavy atom. The third-order valence-electron chi connectivity index (χ3n) is 15.0. The lowest BCUT2D eigenvalue weighted by molar-refractivity contribution is -0.161. The van der Waals surface area contributed by atoms with Gasteiger partial charge >= 0.3 is 39.5 Å². The first-order valence-electron chi connectivity index (χ1n) is 34.1. The summed E-state index contributed by atoms with van der Waals surface area (Å²) >= 11 is 0. The molecule has 0 aromatic heterocycles. The van der Waals surface area contributed by atoms with Gasteiger partial charge in [-0.05, 0) is 31.6 Å². The lowest BCUT2D eigenvalue weighted by atomic mass is 10.0. The maximum absolute atomic E-state index is 13.0. The van der Waals surface area contributed by atoms with Gasteiger partial charge < -0.3 is 33.8 Å². The van der Waals surface area contributed by atoms with Gasteiger partial charge in [0.2, 0.25) is 0 Å². The number of rotatable bonds is 65. The monoisotopic (exact) mass is 1240 g/mol. The Labute approximate surface area is 511 Å². The Bertz CT molecular complexity index is 1640. The van der Waals surface area contributed by atoms with Crippen molar-refractivity contribution in [3.05, 3.63) is 0 Å². The lowest BCUT2D eigenvalue weighted by Gasteiger charge is -2.21. The SMILES string of the molecule is CCCCCCCCCCCCCCCCCCCC(=O)O[C@H](COC(=O)CCCCCCCCCCCCC(C)C)COP(=O)(O)OC[C@@H](O)COP(=O)(O)OC[C@@H](COC(=O)CCCCCCCCC)OC(=O)CCCCCCCCC. The van der Waals surface area contributed by atoms with Gasteiger partial charge in [0.25, 0.3) is 0 Å². The average Bonchev–Trinajstić information content (AvgIpc) is 3.46. The lowest BCUT2D eigenvalue weighted by Crippen LogP contribution is -2.30. The van der Waals surface area contributed by atoms with Crippen LogP contribution in [0.25, 0.3) is 0 Å². The van der Waals surface area contributed by atoms with Crippen LogP contribution in [0, 0.1) is 5.92 Å². The molecule has 0 aliphatic carbocycles. The molecule has 0 aromatic rings. The third kappa shape index (κ3) is 59.0. The Hall–Kier alpha value is -1.94. The molecule has 0 spiro atoms. The molecule has 19 heteroatoms. The minimum absolute atomic E-state index is 0.103. The second kappa shape index (κ2) is 58.7. The van der Waals surface area contributed by atoms with E-state index in [0.29, 0.717) is 25.7 Å². The van der Waals surface area contributed by atoms with Crippen LogP contribution in [0.5, 0.6) is 0 Å². The molecule has 0 heterocycles. The number of unbranched alkanes of at least 4 members (excludes halogenated alkanes) is 37. The molecule has 84 heavy (non-hydrogen) atoms. The molecule has 0 saturated carbocycles. The Balaban J connectivity index is 5.16. The number of phosphoric ester groups is 2. The van der Waals surface area contributed by atoms with Crippen molar-refractivity contribution in [1.29, 1.82) is 0 Å². The van der Waals surface area contributed by atoms with Crippen molar-refractivity contribution in [2.24, 2.45) is 5.92 Å². The van der Waals surface area contributed by atoms with Gasteiger partial charge in [-0.15, -0.1) is 0 Å². The first kappa shape index (κ1) is 82.1. The summed E-state index contributed by atoms with van der Waals surface area (Å²) in [6.07, 6.45) is 43.4. The van der Waals surface area contributed by atoms with E-state index in [4.69, 9.17) is 37.0 Å². The van der Waals surface area contributed by atoms with Crippen molar-refractivity contribution in [2.75, 3.05) is 39.6 Å². The highest BCUT2D eigenvalue weighted by Crippen LogP contribution is 2.45. The first-order chi connectivity index (χ1) is 40.5. The predicted octanol–water partition coefficient (Wildman–Crippen LogP) is 18.2. The molecule has 0 fully saturated rings. The summed E-state index contributed by atoms with van der Waals surface area (Å²) < 4.78 is 67.8. The molecule has 17 nitrogen and oxygen atoms in total. The zero-order chi connectivity index (χ0) is 62.0. The molecule has 0 rings (SSSR count). The number of hydrogen-bond donors (Lipinski definition) is 3. The summed E-state index contributed by atoms with van der Waals surface area (Å²) in [7, 11) is -9.88. The van der Waals surface area contributed by atoms with E-state index in [2.05, 4.69) is 34.6 Å². The van der Waals surface area contributed by atoms with Gasteiger partial charge in [0, 0.05) is 25.7 Å². The van der Waals surface area contributed by atoms with Crippen molar-refractivity contribution in [3.63, 3.8) is 0 Å². The number of aliphatic hydroxyl groups is 1. The smallest absolute Gasteiger partial charge is 0.462 e. The molecule has 0 amide bonds. The van der Waals surface area contributed by atoms with Gasteiger partial charge in [-0.2, -0.15) is 0 Å². The first-order valence-corrected chi connectivity index (χ1v) is 37.1. The van der Waals surface area contributed by atoms with E-state index in [1.54, 1.807) is 0 Å². The van der Waals surface area contributed by atoms with E-state index < -0.39 is 97.5 Å². The maximum atomic E-state index is 13.0. The van der Waals surface area contributed by atoms with Crippen LogP contribution in [0.2, 0.25) is 0 Å². The van der Waals surface area contributed by atoms with Crippen LogP contribution in [0.1, 0.15) is 330 Å². The highest BCUT2D eigenvalue weighted by molar-refractivity contribution is 7.47. The van der Waals surface area contributed by atoms with Crippen LogP contribution in [-0.4, -0.2) is 96.7 Å². The second-order valence-corrected chi connectivity index (χ2v) is 26.9. The molecule has 5 atom stereocenters. The summed E-state index contributed by atoms with van der Waals surface area (Å²) in [4.78, 5) is 72.0. The van der Waals surface area contributed by atoms with E-state index in [0.717, 1.165) is 121 Å². The molecule has 0 aromatic carbocycles. The van der Waals surface area contributed by atoms with Gasteiger partial charge in [-0.3, -0.25) is 37.3 Å². The normalized spacial score (nSPS) is 14.2. The number of carbonyl (C=O) groups is 4. The molecule has 3 N–H and O–H groups in total. The molecule has 0 radical (unpaired) electrons. The Morgan fingerprint density at radius 2 is 0.548 bits per heavy atom. The quantitative estimate of drug-likeness (QED) is 0.0222. The van der Waals surface area contributed by atoms with Crippen LogP contribution in [-0.2, 0) is 65.4 Å². The van der Waals surface area contributed by atoms with Crippen LogP contribution >= 0.6 is 15.6 Å². The number of hydrogen-bond acceptors (Lipinski definition) is 15. The van der Waals surface area contributed by atoms with Crippen LogP contribution in [0.15, 0.2) is 0 Å². The molecule has 0 aliphatic rings. The Morgan fingerprint density at radius 1 is 0.321 bits per heavy atom. The molecule has 2 unspecified atom stereocenters. The van der Waals surface area contributed by atoms with Gasteiger partial charge in [0.15, 0.2) is 12.2 Å². The topological polar surface area (TPSA) is 237 Å². The summed E-state index contributed by atoms with van der Waals surface area (Å²) in [5.41, 5.74) is 0. The van der Waals surface area contributed by atoms with E-state index in [1.807, 2.05) is 0 Å². The highest BCUT2D eigenvalue weighted by Gasteiger charge is 2.30. The van der Waals surface area contributed by atoms with E-state index >= 15 is 0 Å². The van der Waals surface area contributed by atoms with Gasteiger partial charge in [-0.25, -0.2) is 9.13 Å². The minimum atomic E-state index is -4.94. The molecule has 0 aliphatic heterocycles. The molecule has 498 valence electrons. The molecule has 0 saturated heterocycles. The largest absolute Gasteiger partial charge is 0.472 e. The standard InChI is InChI=1S/C65H126O17P2/c1-6-9-12-15-18-19-20-21-22-23-24-25-26-31-36-41-46-51-65(70)82-61(55-76-63(68)49-44-39-35-30-28-27-29-34-37-42-47-58(4)5)57-80-84(73,74)78-53-59(66)52-77-83(71,72)79-56-60(81-64(69)50-45-40-33-17-14-11-8-3)54-75-62(67)48-43-38-32-16-13-10-7-2/h58-61,66H,6-57H2,1-5H3,(H,71,72)(H,73,74)/t59-,60+,61+/m0/s1. The van der Waals surface area contributed by atoms with E-state index in [1.165, 1.54) is 128 Å². The zero-order valence-electron chi connectivity index (χ0n) is 54.0. The molecule has 0 bridgehead atoms. The second-order valence-electron chi connectivity index (χ2n) is 24.0. The highest BCUT2D eigenvalue weighted by atomic mass is 31.2. The van der Waals surface area contributed by atoms with Gasteiger partial charge in [-0.1, -0.05) is 279 Å². The number of carbonyl (C=O) groups excluding carboxylic acids is 4. The summed E-state index contributed by atoms with van der Waals surface area (Å²) in [5.74, 6) is -1.38. The fraction of sp³-hybridized carbons (Fsp3) is 0.938. The van der Waals surface area contributed by atoms with Crippen molar-refractivity contribution in [3.8, 4) is 0 Å². The van der Waals surface area contributed by atoms with Crippen molar-refractivity contribution >= 4 is 39.5 Å².